The molecule has 0 bridgehead atoms. The highest BCUT2D eigenvalue weighted by molar-refractivity contribution is 7.99. The van der Waals surface area contributed by atoms with Gasteiger partial charge in [-0.05, 0) is 29.7 Å². The quantitative estimate of drug-likeness (QED) is 0.500. The summed E-state index contributed by atoms with van der Waals surface area (Å²) < 4.78 is 5.05. The predicted molar refractivity (Wildman–Crippen MR) is 107 cm³/mol. The molecule has 2 aromatic carbocycles. The van der Waals surface area contributed by atoms with Crippen molar-refractivity contribution in [2.75, 3.05) is 17.7 Å². The summed E-state index contributed by atoms with van der Waals surface area (Å²) in [5.74, 6) is 0.0818. The van der Waals surface area contributed by atoms with Gasteiger partial charge in [0.05, 0.1) is 11.4 Å². The number of hydrogen-bond acceptors (Lipinski definition) is 4. The molecule has 0 aromatic heterocycles. The van der Waals surface area contributed by atoms with Gasteiger partial charge < -0.3 is 10.1 Å². The molecule has 0 aliphatic rings. The number of carbonyl (C=O) groups is 2. The van der Waals surface area contributed by atoms with E-state index < -0.39 is 5.97 Å². The maximum Gasteiger partial charge on any atom is 0.307 e. The van der Waals surface area contributed by atoms with Crippen LogP contribution < -0.4 is 5.32 Å². The molecule has 1 amide bonds. The van der Waals surface area contributed by atoms with Crippen LogP contribution in [0.2, 0.25) is 5.02 Å². The Bertz CT molecular complexity index is 764. The fourth-order valence-corrected chi connectivity index (χ4v) is 3.49. The first-order chi connectivity index (χ1) is 12.5. The van der Waals surface area contributed by atoms with Crippen molar-refractivity contribution in [3.05, 3.63) is 59.1 Å². The molecule has 0 aliphatic heterocycles. The first-order valence-electron chi connectivity index (χ1n) is 8.39. The summed E-state index contributed by atoms with van der Waals surface area (Å²) in [6, 6.07) is 15.1. The van der Waals surface area contributed by atoms with E-state index in [0.717, 1.165) is 16.1 Å². The fourth-order valence-electron chi connectivity index (χ4n) is 2.32. The largest absolute Gasteiger partial charge is 0.456 e. The van der Waals surface area contributed by atoms with Crippen LogP contribution in [0.25, 0.3) is 0 Å². The zero-order chi connectivity index (χ0) is 18.9. The number of esters is 1. The Morgan fingerprint density at radius 1 is 1.12 bits per heavy atom. The average Bonchev–Trinajstić information content (AvgIpc) is 2.62. The zero-order valence-corrected chi connectivity index (χ0v) is 16.4. The summed E-state index contributed by atoms with van der Waals surface area (Å²) in [6.45, 7) is 3.82. The Morgan fingerprint density at radius 3 is 2.54 bits per heavy atom. The number of para-hydroxylation sites is 1. The summed E-state index contributed by atoms with van der Waals surface area (Å²) in [5, 5.41) is 3.46. The Hall–Kier alpha value is -1.98. The number of benzene rings is 2. The zero-order valence-electron chi connectivity index (χ0n) is 14.8. The summed E-state index contributed by atoms with van der Waals surface area (Å²) in [7, 11) is 0. The maximum atomic E-state index is 12.0. The minimum absolute atomic E-state index is 0.214. The van der Waals surface area contributed by atoms with E-state index in [-0.39, 0.29) is 24.9 Å². The van der Waals surface area contributed by atoms with Gasteiger partial charge in [0, 0.05) is 16.3 Å². The van der Waals surface area contributed by atoms with Gasteiger partial charge in [-0.25, -0.2) is 0 Å². The van der Waals surface area contributed by atoms with E-state index in [0.29, 0.717) is 10.8 Å². The second kappa shape index (κ2) is 10.2. The van der Waals surface area contributed by atoms with Gasteiger partial charge in [-0.1, -0.05) is 55.8 Å². The lowest BCUT2D eigenvalue weighted by Crippen LogP contribution is -2.21. The Balaban J connectivity index is 1.74. The van der Waals surface area contributed by atoms with Crippen LogP contribution in [0.3, 0.4) is 0 Å². The van der Waals surface area contributed by atoms with E-state index in [1.807, 2.05) is 48.5 Å². The average molecular weight is 392 g/mol. The number of anilines is 1. The van der Waals surface area contributed by atoms with E-state index in [9.17, 15) is 9.59 Å². The smallest absolute Gasteiger partial charge is 0.307 e. The molecule has 138 valence electrons. The third-order valence-electron chi connectivity index (χ3n) is 3.62. The molecule has 2 rings (SSSR count). The lowest BCUT2D eigenvalue weighted by atomic mass is 10.0. The number of ether oxygens (including phenoxy) is 1. The minimum Gasteiger partial charge on any atom is -0.456 e. The normalized spacial score (nSPS) is 10.6. The molecule has 0 spiro atoms. The van der Waals surface area contributed by atoms with Gasteiger partial charge in [-0.2, -0.15) is 0 Å². The minimum atomic E-state index is -0.406. The molecule has 0 aliphatic carbocycles. The van der Waals surface area contributed by atoms with Crippen LogP contribution in [0.15, 0.2) is 53.4 Å². The predicted octanol–water partition coefficient (Wildman–Crippen LogP) is 5.13. The highest BCUT2D eigenvalue weighted by atomic mass is 35.5. The van der Waals surface area contributed by atoms with Crippen molar-refractivity contribution < 1.29 is 14.3 Å². The van der Waals surface area contributed by atoms with Crippen molar-refractivity contribution in [1.82, 2.24) is 0 Å². The van der Waals surface area contributed by atoms with Crippen LogP contribution in [-0.2, 0) is 14.3 Å². The molecular formula is C20H22ClNO3S. The number of halogens is 1. The van der Waals surface area contributed by atoms with Gasteiger partial charge in [0.2, 0.25) is 0 Å². The SMILES string of the molecule is CC(C)c1ccccc1NC(=O)COC(=O)CCSc1ccccc1Cl. The third-order valence-corrected chi connectivity index (χ3v) is 5.14. The number of rotatable bonds is 8. The second-order valence-corrected chi connectivity index (χ2v) is 7.52. The van der Waals surface area contributed by atoms with Crippen LogP contribution in [0.4, 0.5) is 5.69 Å². The number of hydrogen-bond donors (Lipinski definition) is 1. The maximum absolute atomic E-state index is 12.0. The summed E-state index contributed by atoms with van der Waals surface area (Å²) in [4.78, 5) is 24.7. The highest BCUT2D eigenvalue weighted by Gasteiger charge is 2.11. The molecule has 0 heterocycles. The van der Waals surface area contributed by atoms with Gasteiger partial charge >= 0.3 is 5.97 Å². The summed E-state index contributed by atoms with van der Waals surface area (Å²) in [5.41, 5.74) is 1.79. The van der Waals surface area contributed by atoms with Crippen LogP contribution in [0, 0.1) is 0 Å². The monoisotopic (exact) mass is 391 g/mol. The van der Waals surface area contributed by atoms with Crippen LogP contribution in [0.5, 0.6) is 0 Å². The molecule has 0 saturated carbocycles. The topological polar surface area (TPSA) is 55.4 Å². The number of nitrogens with one attached hydrogen (secondary N) is 1. The first kappa shape index (κ1) is 20.3. The van der Waals surface area contributed by atoms with Crippen LogP contribution in [-0.4, -0.2) is 24.2 Å². The van der Waals surface area contributed by atoms with Crippen molar-refractivity contribution in [1.29, 1.82) is 0 Å². The Kier molecular flexibility index (Phi) is 8.01. The van der Waals surface area contributed by atoms with Crippen molar-refractivity contribution in [3.8, 4) is 0 Å². The van der Waals surface area contributed by atoms with E-state index >= 15 is 0 Å². The number of thioether (sulfide) groups is 1. The lowest BCUT2D eigenvalue weighted by Gasteiger charge is -2.13. The number of carbonyl (C=O) groups excluding carboxylic acids is 2. The Labute approximate surface area is 163 Å². The van der Waals surface area contributed by atoms with Crippen LogP contribution in [0.1, 0.15) is 31.7 Å². The molecule has 1 N–H and O–H groups in total. The molecule has 0 radical (unpaired) electrons. The van der Waals surface area contributed by atoms with E-state index in [4.69, 9.17) is 16.3 Å². The first-order valence-corrected chi connectivity index (χ1v) is 9.75. The molecule has 0 unspecified atom stereocenters. The molecule has 4 nitrogen and oxygen atoms in total. The van der Waals surface area contributed by atoms with Gasteiger partial charge in [0.1, 0.15) is 0 Å². The van der Waals surface area contributed by atoms with E-state index in [1.54, 1.807) is 0 Å². The van der Waals surface area contributed by atoms with Crippen LogP contribution >= 0.6 is 23.4 Å². The van der Waals surface area contributed by atoms with E-state index in [2.05, 4.69) is 19.2 Å². The van der Waals surface area contributed by atoms with Crippen molar-refractivity contribution in [2.24, 2.45) is 0 Å². The van der Waals surface area contributed by atoms with Crippen molar-refractivity contribution >= 4 is 40.9 Å². The second-order valence-electron chi connectivity index (χ2n) is 5.98. The highest BCUT2D eigenvalue weighted by Crippen LogP contribution is 2.27. The molecule has 0 fully saturated rings. The summed E-state index contributed by atoms with van der Waals surface area (Å²) in [6.07, 6.45) is 0.214. The Morgan fingerprint density at radius 2 is 1.81 bits per heavy atom. The molecular weight excluding hydrogens is 370 g/mol. The number of amides is 1. The lowest BCUT2D eigenvalue weighted by molar-refractivity contribution is -0.146. The fraction of sp³-hybridized carbons (Fsp3) is 0.300. The molecule has 6 heteroatoms. The molecule has 0 saturated heterocycles. The van der Waals surface area contributed by atoms with Gasteiger partial charge in [-0.3, -0.25) is 9.59 Å². The standard InChI is InChI=1S/C20H22ClNO3S/c1-14(2)15-7-3-5-9-17(15)22-19(23)13-25-20(24)11-12-26-18-10-6-4-8-16(18)21/h3-10,14H,11-13H2,1-2H3,(H,22,23). The summed E-state index contributed by atoms with van der Waals surface area (Å²) >= 11 is 7.55. The van der Waals surface area contributed by atoms with E-state index in [1.165, 1.54) is 11.8 Å². The van der Waals surface area contributed by atoms with Gasteiger partial charge in [-0.15, -0.1) is 11.8 Å². The molecule has 0 atom stereocenters. The van der Waals surface area contributed by atoms with Gasteiger partial charge in [0.25, 0.3) is 5.91 Å². The van der Waals surface area contributed by atoms with Crippen molar-refractivity contribution in [3.63, 3.8) is 0 Å². The van der Waals surface area contributed by atoms with Gasteiger partial charge in [0.15, 0.2) is 6.61 Å². The molecule has 26 heavy (non-hydrogen) atoms. The van der Waals surface area contributed by atoms with Crippen molar-refractivity contribution in [2.45, 2.75) is 31.1 Å². The molecule has 2 aromatic rings. The third kappa shape index (κ3) is 6.39.